The number of anilines is 1. The van der Waals surface area contributed by atoms with Crippen molar-refractivity contribution >= 4 is 34.8 Å². The van der Waals surface area contributed by atoms with E-state index in [4.69, 9.17) is 27.9 Å². The molecule has 0 saturated heterocycles. The van der Waals surface area contributed by atoms with Gasteiger partial charge in [-0.25, -0.2) is 9.07 Å². The van der Waals surface area contributed by atoms with Crippen molar-refractivity contribution in [2.45, 2.75) is 6.73 Å². The summed E-state index contributed by atoms with van der Waals surface area (Å²) in [6.07, 6.45) is 1.56. The molecule has 0 spiro atoms. The number of hydrogen-bond donors (Lipinski definition) is 1. The molecule has 0 aliphatic heterocycles. The first kappa shape index (κ1) is 17.3. The van der Waals surface area contributed by atoms with Gasteiger partial charge >= 0.3 is 0 Å². The van der Waals surface area contributed by atoms with Crippen molar-refractivity contribution in [1.82, 2.24) is 9.78 Å². The number of carbonyl (C=O) groups is 1. The van der Waals surface area contributed by atoms with Gasteiger partial charge in [0, 0.05) is 11.9 Å². The smallest absolute Gasteiger partial charge is 0.276 e. The van der Waals surface area contributed by atoms with Crippen LogP contribution in [0.4, 0.5) is 10.1 Å². The van der Waals surface area contributed by atoms with Crippen molar-refractivity contribution in [1.29, 1.82) is 0 Å². The molecule has 2 aromatic carbocycles. The molecule has 1 heterocycles. The molecule has 3 rings (SSSR count). The summed E-state index contributed by atoms with van der Waals surface area (Å²) in [4.78, 5) is 12.2. The van der Waals surface area contributed by atoms with Gasteiger partial charge in [-0.1, -0.05) is 35.3 Å². The van der Waals surface area contributed by atoms with Crippen LogP contribution in [-0.2, 0) is 6.73 Å². The average molecular weight is 380 g/mol. The minimum absolute atomic E-state index is 0.0268. The monoisotopic (exact) mass is 379 g/mol. The molecule has 3 aromatic rings. The van der Waals surface area contributed by atoms with Gasteiger partial charge in [-0.05, 0) is 36.4 Å². The van der Waals surface area contributed by atoms with E-state index in [2.05, 4.69) is 10.4 Å². The summed E-state index contributed by atoms with van der Waals surface area (Å²) >= 11 is 11.7. The van der Waals surface area contributed by atoms with Crippen LogP contribution in [0.5, 0.6) is 5.75 Å². The Morgan fingerprint density at radius 2 is 1.96 bits per heavy atom. The topological polar surface area (TPSA) is 56.2 Å². The summed E-state index contributed by atoms with van der Waals surface area (Å²) in [7, 11) is 0. The highest BCUT2D eigenvalue weighted by molar-refractivity contribution is 6.42. The molecule has 0 unspecified atom stereocenters. The fourth-order valence-electron chi connectivity index (χ4n) is 2.02. The number of amides is 1. The van der Waals surface area contributed by atoms with Crippen molar-refractivity contribution in [3.05, 3.63) is 76.3 Å². The third-order valence-corrected chi connectivity index (χ3v) is 3.98. The second-order valence-corrected chi connectivity index (χ2v) is 5.84. The van der Waals surface area contributed by atoms with Crippen molar-refractivity contribution in [2.24, 2.45) is 0 Å². The normalized spacial score (nSPS) is 10.5. The number of nitrogens with zero attached hydrogens (tertiary/aromatic N) is 2. The molecule has 0 saturated carbocycles. The minimum Gasteiger partial charge on any atom is -0.468 e. The Balaban J connectivity index is 1.63. The number of aromatic nitrogens is 2. The summed E-state index contributed by atoms with van der Waals surface area (Å²) in [5.74, 6) is -0.768. The lowest BCUT2D eigenvalue weighted by Crippen LogP contribution is -2.14. The highest BCUT2D eigenvalue weighted by atomic mass is 35.5. The summed E-state index contributed by atoms with van der Waals surface area (Å²) < 4.78 is 20.2. The van der Waals surface area contributed by atoms with Crippen molar-refractivity contribution in [3.63, 3.8) is 0 Å². The molecular weight excluding hydrogens is 368 g/mol. The van der Waals surface area contributed by atoms with E-state index < -0.39 is 11.7 Å². The van der Waals surface area contributed by atoms with Gasteiger partial charge in [-0.3, -0.25) is 4.79 Å². The highest BCUT2D eigenvalue weighted by Gasteiger charge is 2.11. The number of benzene rings is 2. The highest BCUT2D eigenvalue weighted by Crippen LogP contribution is 2.25. The number of ether oxygens (including phenoxy) is 1. The predicted octanol–water partition coefficient (Wildman–Crippen LogP) is 4.62. The van der Waals surface area contributed by atoms with E-state index in [0.29, 0.717) is 15.7 Å². The number of halogens is 3. The van der Waals surface area contributed by atoms with Crippen LogP contribution in [0.1, 0.15) is 10.5 Å². The average Bonchev–Trinajstić information content (AvgIpc) is 3.07. The Morgan fingerprint density at radius 1 is 1.16 bits per heavy atom. The summed E-state index contributed by atoms with van der Waals surface area (Å²) in [6, 6.07) is 12.3. The second-order valence-electron chi connectivity index (χ2n) is 5.03. The van der Waals surface area contributed by atoms with Crippen molar-refractivity contribution in [2.75, 3.05) is 5.32 Å². The van der Waals surface area contributed by atoms with E-state index in [9.17, 15) is 9.18 Å². The van der Waals surface area contributed by atoms with Gasteiger partial charge in [0.25, 0.3) is 5.91 Å². The van der Waals surface area contributed by atoms with Gasteiger partial charge in [0.15, 0.2) is 24.0 Å². The van der Waals surface area contributed by atoms with E-state index >= 15 is 0 Å². The second kappa shape index (κ2) is 7.55. The van der Waals surface area contributed by atoms with Crippen LogP contribution >= 0.6 is 23.2 Å². The molecule has 0 fully saturated rings. The largest absolute Gasteiger partial charge is 0.468 e. The first-order valence-electron chi connectivity index (χ1n) is 7.20. The van der Waals surface area contributed by atoms with Crippen LogP contribution in [0.15, 0.2) is 54.7 Å². The third-order valence-electron chi connectivity index (χ3n) is 3.24. The van der Waals surface area contributed by atoms with E-state index in [1.54, 1.807) is 36.5 Å². The van der Waals surface area contributed by atoms with Gasteiger partial charge < -0.3 is 10.1 Å². The summed E-state index contributed by atoms with van der Waals surface area (Å²) in [5, 5.41) is 7.49. The number of para-hydroxylation sites is 1. The molecule has 25 heavy (non-hydrogen) atoms. The third kappa shape index (κ3) is 4.29. The van der Waals surface area contributed by atoms with Crippen LogP contribution < -0.4 is 10.1 Å². The number of nitrogens with one attached hydrogen (secondary N) is 1. The Labute approximate surface area is 152 Å². The van der Waals surface area contributed by atoms with Gasteiger partial charge in [0.2, 0.25) is 0 Å². The molecule has 1 aromatic heterocycles. The van der Waals surface area contributed by atoms with Gasteiger partial charge in [-0.2, -0.15) is 5.10 Å². The van der Waals surface area contributed by atoms with Gasteiger partial charge in [0.1, 0.15) is 0 Å². The molecule has 0 radical (unpaired) electrons. The Bertz CT molecular complexity index is 914. The first-order valence-corrected chi connectivity index (χ1v) is 7.96. The quantitative estimate of drug-likeness (QED) is 0.703. The summed E-state index contributed by atoms with van der Waals surface area (Å²) in [6.45, 7) is -0.0268. The minimum atomic E-state index is -0.466. The number of hydrogen-bond acceptors (Lipinski definition) is 3. The first-order chi connectivity index (χ1) is 12.0. The van der Waals surface area contributed by atoms with Crippen molar-refractivity contribution < 1.29 is 13.9 Å². The maximum absolute atomic E-state index is 13.5. The van der Waals surface area contributed by atoms with Gasteiger partial charge in [-0.15, -0.1) is 0 Å². The maximum atomic E-state index is 13.5. The predicted molar refractivity (Wildman–Crippen MR) is 93.7 cm³/mol. The van der Waals surface area contributed by atoms with E-state index in [0.717, 1.165) is 0 Å². The van der Waals surface area contributed by atoms with Gasteiger partial charge in [0.05, 0.1) is 10.0 Å². The molecule has 0 aliphatic rings. The number of rotatable bonds is 5. The molecule has 0 bridgehead atoms. The van der Waals surface area contributed by atoms with E-state index in [1.807, 2.05) is 0 Å². The van der Waals surface area contributed by atoms with Crippen LogP contribution in [0.3, 0.4) is 0 Å². The summed E-state index contributed by atoms with van der Waals surface area (Å²) in [5.41, 5.74) is 0.680. The Hall–Kier alpha value is -2.57. The zero-order valence-electron chi connectivity index (χ0n) is 12.7. The molecule has 1 N–H and O–H groups in total. The van der Waals surface area contributed by atoms with Crippen molar-refractivity contribution in [3.8, 4) is 5.75 Å². The lowest BCUT2D eigenvalue weighted by Gasteiger charge is -2.07. The lowest BCUT2D eigenvalue weighted by atomic mass is 10.3. The zero-order valence-corrected chi connectivity index (χ0v) is 14.3. The molecule has 1 amide bonds. The maximum Gasteiger partial charge on any atom is 0.276 e. The number of carbonyl (C=O) groups excluding carboxylic acids is 1. The molecule has 5 nitrogen and oxygen atoms in total. The molecule has 128 valence electrons. The van der Waals surface area contributed by atoms with E-state index in [1.165, 1.54) is 22.9 Å². The zero-order chi connectivity index (χ0) is 17.8. The molecular formula is C17H12Cl2FN3O2. The van der Waals surface area contributed by atoms with Crippen LogP contribution in [0, 0.1) is 5.82 Å². The standard InChI is InChI=1S/C17H12Cl2FN3O2/c18-12-6-5-11(9-13(12)19)21-17(24)15-7-8-23(22-15)10-25-16-4-2-1-3-14(16)20/h1-9H,10H2,(H,21,24). The van der Waals surface area contributed by atoms with Crippen LogP contribution in [-0.4, -0.2) is 15.7 Å². The molecule has 8 heteroatoms. The Morgan fingerprint density at radius 3 is 2.72 bits per heavy atom. The Kier molecular flexibility index (Phi) is 5.21. The van der Waals surface area contributed by atoms with Crippen LogP contribution in [0.25, 0.3) is 0 Å². The SMILES string of the molecule is O=C(Nc1ccc(Cl)c(Cl)c1)c1ccn(COc2ccccc2F)n1. The van der Waals surface area contributed by atoms with E-state index in [-0.39, 0.29) is 18.2 Å². The van der Waals surface area contributed by atoms with Crippen LogP contribution in [0.2, 0.25) is 10.0 Å². The fourth-order valence-corrected chi connectivity index (χ4v) is 2.32. The fraction of sp³-hybridized carbons (Fsp3) is 0.0588. The molecule has 0 aliphatic carbocycles. The lowest BCUT2D eigenvalue weighted by molar-refractivity contribution is 0.102. The molecule has 0 atom stereocenters.